The molecule has 0 N–H and O–H groups in total. The molecular formula is C46H29NS. The third-order valence-electron chi connectivity index (χ3n) is 9.79. The third-order valence-corrected chi connectivity index (χ3v) is 10.9. The van der Waals surface area contributed by atoms with E-state index in [0.717, 1.165) is 0 Å². The molecule has 1 aliphatic heterocycles. The Kier molecular flexibility index (Phi) is 6.18. The Balaban J connectivity index is 1.11. The second-order valence-corrected chi connectivity index (χ2v) is 13.6. The number of benzene rings is 8. The first-order valence-corrected chi connectivity index (χ1v) is 17.2. The van der Waals surface area contributed by atoms with Crippen LogP contribution in [0.2, 0.25) is 0 Å². The first-order chi connectivity index (χ1) is 23.8. The summed E-state index contributed by atoms with van der Waals surface area (Å²) in [5.41, 5.74) is 13.7. The van der Waals surface area contributed by atoms with E-state index in [1.807, 2.05) is 11.8 Å². The average molecular weight is 628 g/mol. The van der Waals surface area contributed by atoms with E-state index in [0.29, 0.717) is 0 Å². The highest BCUT2D eigenvalue weighted by molar-refractivity contribution is 7.99. The lowest BCUT2D eigenvalue weighted by Crippen LogP contribution is -1.95. The summed E-state index contributed by atoms with van der Waals surface area (Å²) in [5.74, 6) is 0. The highest BCUT2D eigenvalue weighted by Crippen LogP contribution is 2.50. The summed E-state index contributed by atoms with van der Waals surface area (Å²) < 4.78 is 2.39. The molecule has 0 unspecified atom stereocenters. The topological polar surface area (TPSA) is 4.93 Å². The minimum Gasteiger partial charge on any atom is -0.309 e. The number of fused-ring (bicyclic) bond motifs is 5. The largest absolute Gasteiger partial charge is 0.309 e. The van der Waals surface area contributed by atoms with Crippen LogP contribution in [-0.2, 0) is 0 Å². The van der Waals surface area contributed by atoms with Gasteiger partial charge in [0.2, 0.25) is 0 Å². The Morgan fingerprint density at radius 3 is 1.88 bits per heavy atom. The van der Waals surface area contributed by atoms with E-state index in [-0.39, 0.29) is 0 Å². The standard InChI is InChI=1S/C46H29NS/c1-3-11-30(12-4-1)32-22-25-44-41(28-32)40-19-10-18-39-36(24-26-45(48-44)46(39)40)34-14-9-13-31(27-34)33-21-23-38-37-17-7-8-20-42(37)47(43(38)29-33)35-15-5-2-6-16-35/h1-29H. The molecular weight excluding hydrogens is 599 g/mol. The highest BCUT2D eigenvalue weighted by atomic mass is 32.2. The van der Waals surface area contributed by atoms with Gasteiger partial charge in [-0.25, -0.2) is 0 Å². The average Bonchev–Trinajstić information content (AvgIpc) is 3.49. The molecule has 224 valence electrons. The fourth-order valence-electron chi connectivity index (χ4n) is 7.57. The van der Waals surface area contributed by atoms with Crippen LogP contribution in [0.4, 0.5) is 0 Å². The Labute approximate surface area is 283 Å². The van der Waals surface area contributed by atoms with Crippen molar-refractivity contribution in [2.24, 2.45) is 0 Å². The molecule has 2 heterocycles. The van der Waals surface area contributed by atoms with Crippen LogP contribution in [0.3, 0.4) is 0 Å². The quantitative estimate of drug-likeness (QED) is 0.188. The monoisotopic (exact) mass is 627 g/mol. The number of hydrogen-bond donors (Lipinski definition) is 0. The van der Waals surface area contributed by atoms with Gasteiger partial charge in [-0.05, 0) is 98.4 Å². The number of rotatable bonds is 4. The first kappa shape index (κ1) is 27.3. The Morgan fingerprint density at radius 2 is 0.979 bits per heavy atom. The molecule has 0 aliphatic carbocycles. The summed E-state index contributed by atoms with van der Waals surface area (Å²) in [6.45, 7) is 0. The summed E-state index contributed by atoms with van der Waals surface area (Å²) in [6, 6.07) is 64.4. The van der Waals surface area contributed by atoms with Gasteiger partial charge in [-0.1, -0.05) is 139 Å². The van der Waals surface area contributed by atoms with Crippen molar-refractivity contribution >= 4 is 44.3 Å². The van der Waals surface area contributed by atoms with Crippen molar-refractivity contribution in [3.8, 4) is 50.2 Å². The van der Waals surface area contributed by atoms with Crippen LogP contribution in [0, 0.1) is 0 Å². The van der Waals surface area contributed by atoms with Crippen molar-refractivity contribution in [2.75, 3.05) is 0 Å². The van der Waals surface area contributed by atoms with E-state index in [4.69, 9.17) is 0 Å². The van der Waals surface area contributed by atoms with E-state index in [9.17, 15) is 0 Å². The van der Waals surface area contributed by atoms with Gasteiger partial charge in [-0.2, -0.15) is 0 Å². The normalized spacial score (nSPS) is 12.1. The number of nitrogens with zero attached hydrogens (tertiary/aromatic N) is 1. The van der Waals surface area contributed by atoms with Crippen molar-refractivity contribution in [3.63, 3.8) is 0 Å². The predicted octanol–water partition coefficient (Wildman–Crippen LogP) is 13.1. The Hall–Kier alpha value is -5.83. The lowest BCUT2D eigenvalue weighted by molar-refractivity contribution is 1.18. The maximum absolute atomic E-state index is 2.39. The van der Waals surface area contributed by atoms with Crippen LogP contribution in [0.5, 0.6) is 0 Å². The van der Waals surface area contributed by atoms with Crippen LogP contribution in [-0.4, -0.2) is 4.57 Å². The van der Waals surface area contributed by atoms with E-state index in [2.05, 4.69) is 180 Å². The molecule has 1 nitrogen and oxygen atoms in total. The molecule has 10 rings (SSSR count). The molecule has 8 aromatic carbocycles. The molecule has 0 fully saturated rings. The molecule has 48 heavy (non-hydrogen) atoms. The second-order valence-electron chi connectivity index (χ2n) is 12.5. The molecule has 0 saturated heterocycles. The van der Waals surface area contributed by atoms with Crippen molar-refractivity contribution < 1.29 is 0 Å². The second kappa shape index (κ2) is 10.9. The van der Waals surface area contributed by atoms with Crippen LogP contribution in [0.15, 0.2) is 186 Å². The van der Waals surface area contributed by atoms with Gasteiger partial charge < -0.3 is 4.57 Å². The minimum atomic E-state index is 1.17. The van der Waals surface area contributed by atoms with E-state index < -0.39 is 0 Å². The molecule has 0 spiro atoms. The summed E-state index contributed by atoms with van der Waals surface area (Å²) in [5, 5.41) is 5.18. The smallest absolute Gasteiger partial charge is 0.0547 e. The molecule has 1 aliphatic rings. The van der Waals surface area contributed by atoms with Gasteiger partial charge in [0.1, 0.15) is 0 Å². The Bertz CT molecular complexity index is 2690. The summed E-state index contributed by atoms with van der Waals surface area (Å²) in [6.07, 6.45) is 0. The highest BCUT2D eigenvalue weighted by Gasteiger charge is 2.22. The van der Waals surface area contributed by atoms with Gasteiger partial charge in [-0.15, -0.1) is 0 Å². The van der Waals surface area contributed by atoms with E-state index in [1.54, 1.807) is 0 Å². The van der Waals surface area contributed by atoms with Crippen molar-refractivity contribution in [3.05, 3.63) is 176 Å². The fraction of sp³-hybridized carbons (Fsp3) is 0. The van der Waals surface area contributed by atoms with Gasteiger partial charge in [0, 0.05) is 31.6 Å². The molecule has 0 saturated carbocycles. The van der Waals surface area contributed by atoms with Crippen molar-refractivity contribution in [1.82, 2.24) is 4.57 Å². The van der Waals surface area contributed by atoms with Crippen molar-refractivity contribution in [2.45, 2.75) is 9.79 Å². The summed E-state index contributed by atoms with van der Waals surface area (Å²) >= 11 is 1.88. The van der Waals surface area contributed by atoms with E-state index in [1.165, 1.54) is 92.6 Å². The van der Waals surface area contributed by atoms with Crippen LogP contribution >= 0.6 is 11.8 Å². The van der Waals surface area contributed by atoms with Gasteiger partial charge in [0.05, 0.1) is 11.0 Å². The molecule has 2 heteroatoms. The fourth-order valence-corrected chi connectivity index (χ4v) is 8.68. The number of para-hydroxylation sites is 2. The molecule has 0 amide bonds. The SMILES string of the molecule is c1ccc(-c2ccc3c(c2)-c2cccc4c(-c5cccc(-c6ccc7c8ccccc8n(-c8ccccc8)c7c6)c5)ccc(c24)S3)cc1. The summed E-state index contributed by atoms with van der Waals surface area (Å²) in [7, 11) is 0. The first-order valence-electron chi connectivity index (χ1n) is 16.4. The Morgan fingerprint density at radius 1 is 0.333 bits per heavy atom. The van der Waals surface area contributed by atoms with Gasteiger partial charge >= 0.3 is 0 Å². The maximum Gasteiger partial charge on any atom is 0.0547 e. The predicted molar refractivity (Wildman–Crippen MR) is 204 cm³/mol. The number of aromatic nitrogens is 1. The molecule has 0 radical (unpaired) electrons. The zero-order valence-electron chi connectivity index (χ0n) is 26.1. The number of hydrogen-bond acceptors (Lipinski definition) is 1. The molecule has 9 aromatic rings. The zero-order chi connectivity index (χ0) is 31.6. The lowest BCUT2D eigenvalue weighted by atomic mass is 9.90. The lowest BCUT2D eigenvalue weighted by Gasteiger charge is -2.22. The van der Waals surface area contributed by atoms with Crippen LogP contribution in [0.1, 0.15) is 0 Å². The van der Waals surface area contributed by atoms with Crippen LogP contribution < -0.4 is 0 Å². The minimum absolute atomic E-state index is 1.17. The zero-order valence-corrected chi connectivity index (χ0v) is 26.9. The molecule has 0 bridgehead atoms. The van der Waals surface area contributed by atoms with Gasteiger partial charge in [0.25, 0.3) is 0 Å². The summed E-state index contributed by atoms with van der Waals surface area (Å²) in [4.78, 5) is 2.63. The molecule has 1 aromatic heterocycles. The third kappa shape index (κ3) is 4.27. The van der Waals surface area contributed by atoms with Gasteiger partial charge in [-0.3, -0.25) is 0 Å². The van der Waals surface area contributed by atoms with E-state index >= 15 is 0 Å². The van der Waals surface area contributed by atoms with Gasteiger partial charge in [0.15, 0.2) is 0 Å². The van der Waals surface area contributed by atoms with Crippen molar-refractivity contribution in [1.29, 1.82) is 0 Å². The van der Waals surface area contributed by atoms with Crippen LogP contribution in [0.25, 0.3) is 82.8 Å². The maximum atomic E-state index is 2.39. The molecule has 0 atom stereocenters.